The summed E-state index contributed by atoms with van der Waals surface area (Å²) >= 11 is 0. The molecule has 1 aromatic rings. The van der Waals surface area contributed by atoms with E-state index in [1.54, 1.807) is 7.11 Å². The predicted octanol–water partition coefficient (Wildman–Crippen LogP) is 4.41. The molecule has 1 saturated carbocycles. The Labute approximate surface area is 161 Å². The zero-order valence-corrected chi connectivity index (χ0v) is 17.0. The minimum atomic E-state index is -1.83. The number of ether oxygens (including phenoxy) is 1. The first kappa shape index (κ1) is 22.8. The molecule has 1 aliphatic carbocycles. The molecule has 0 atom stereocenters. The first-order valence-corrected chi connectivity index (χ1v) is 9.49. The maximum atomic E-state index is 12.4. The smallest absolute Gasteiger partial charge is 0.496 e. The van der Waals surface area contributed by atoms with Crippen LogP contribution in [0.3, 0.4) is 0 Å². The van der Waals surface area contributed by atoms with Gasteiger partial charge in [-0.15, -0.1) is 0 Å². The van der Waals surface area contributed by atoms with Gasteiger partial charge in [-0.25, -0.2) is 4.79 Å². The summed E-state index contributed by atoms with van der Waals surface area (Å²) in [6.07, 6.45) is 3.25. The van der Waals surface area contributed by atoms with Crippen LogP contribution in [0.4, 0.5) is 4.79 Å². The summed E-state index contributed by atoms with van der Waals surface area (Å²) in [6.45, 7) is 8.70. The molecule has 0 aliphatic heterocycles. The number of rotatable bonds is 5. The zero-order valence-electron chi connectivity index (χ0n) is 17.0. The average molecular weight is 379 g/mol. The van der Waals surface area contributed by atoms with Crippen LogP contribution in [0.25, 0.3) is 0 Å². The molecule has 152 valence electrons. The Morgan fingerprint density at radius 2 is 1.70 bits per heavy atom. The van der Waals surface area contributed by atoms with Crippen molar-refractivity contribution in [2.24, 2.45) is 11.8 Å². The Bertz CT molecular complexity index is 630. The molecule has 0 bridgehead atoms. The van der Waals surface area contributed by atoms with Crippen molar-refractivity contribution in [1.29, 1.82) is 0 Å². The van der Waals surface area contributed by atoms with Crippen LogP contribution in [-0.2, 0) is 11.2 Å². The summed E-state index contributed by atoms with van der Waals surface area (Å²) in [7, 11) is 1.67. The van der Waals surface area contributed by atoms with E-state index in [9.17, 15) is 4.79 Å². The number of methoxy groups -OCH3 is 1. The number of carboxylic acid groups (broad SMARTS) is 2. The fourth-order valence-corrected chi connectivity index (χ4v) is 3.74. The molecule has 6 heteroatoms. The van der Waals surface area contributed by atoms with Crippen LogP contribution in [0.1, 0.15) is 56.2 Å². The van der Waals surface area contributed by atoms with E-state index in [2.05, 4.69) is 25.2 Å². The average Bonchev–Trinajstić information content (AvgIpc) is 2.57. The molecular weight excluding hydrogens is 346 g/mol. The van der Waals surface area contributed by atoms with E-state index in [-0.39, 0.29) is 5.91 Å². The Kier molecular flexibility index (Phi) is 9.12. The number of benzene rings is 1. The molecule has 1 fully saturated rings. The first-order chi connectivity index (χ1) is 12.6. The molecule has 6 nitrogen and oxygen atoms in total. The molecule has 0 saturated heterocycles. The lowest BCUT2D eigenvalue weighted by Crippen LogP contribution is -2.39. The number of nitrogens with one attached hydrogen (secondary N) is 1. The van der Waals surface area contributed by atoms with E-state index in [1.807, 2.05) is 19.9 Å². The van der Waals surface area contributed by atoms with Crippen molar-refractivity contribution < 1.29 is 24.5 Å². The van der Waals surface area contributed by atoms with Crippen molar-refractivity contribution >= 4 is 12.1 Å². The number of aryl methyl sites for hydroxylation is 2. The van der Waals surface area contributed by atoms with Gasteiger partial charge in [-0.05, 0) is 68.6 Å². The molecule has 0 spiro atoms. The van der Waals surface area contributed by atoms with Crippen LogP contribution >= 0.6 is 0 Å². The summed E-state index contributed by atoms with van der Waals surface area (Å²) < 4.78 is 5.46. The van der Waals surface area contributed by atoms with Crippen LogP contribution in [-0.4, -0.2) is 35.4 Å². The van der Waals surface area contributed by atoms with E-state index in [0.717, 1.165) is 47.1 Å². The van der Waals surface area contributed by atoms with Gasteiger partial charge in [0, 0.05) is 11.6 Å². The van der Waals surface area contributed by atoms with Gasteiger partial charge in [-0.2, -0.15) is 0 Å². The van der Waals surface area contributed by atoms with Crippen LogP contribution in [0.15, 0.2) is 12.1 Å². The highest BCUT2D eigenvalue weighted by Crippen LogP contribution is 2.30. The molecule has 0 unspecified atom stereocenters. The van der Waals surface area contributed by atoms with Crippen LogP contribution < -0.4 is 10.1 Å². The van der Waals surface area contributed by atoms with Gasteiger partial charge in [0.2, 0.25) is 5.91 Å². The molecule has 27 heavy (non-hydrogen) atoms. The van der Waals surface area contributed by atoms with Crippen molar-refractivity contribution in [3.8, 4) is 5.75 Å². The molecule has 0 radical (unpaired) electrons. The lowest BCUT2D eigenvalue weighted by Gasteiger charge is -2.31. The van der Waals surface area contributed by atoms with E-state index in [0.29, 0.717) is 12.5 Å². The fourth-order valence-electron chi connectivity index (χ4n) is 3.74. The monoisotopic (exact) mass is 379 g/mol. The fraction of sp³-hybridized carbons (Fsp3) is 0.619. The summed E-state index contributed by atoms with van der Waals surface area (Å²) in [4.78, 5) is 21.0. The molecule has 3 N–H and O–H groups in total. The second-order valence-corrected chi connectivity index (χ2v) is 7.65. The largest absolute Gasteiger partial charge is 0.503 e. The highest BCUT2D eigenvalue weighted by atomic mass is 16.6. The predicted molar refractivity (Wildman–Crippen MR) is 106 cm³/mol. The Morgan fingerprint density at radius 1 is 1.15 bits per heavy atom. The third-order valence-corrected chi connectivity index (χ3v) is 5.21. The lowest BCUT2D eigenvalue weighted by atomic mass is 9.79. The molecule has 1 aromatic carbocycles. The SMILES string of the molecule is COc1cc(C)cc(C)c1CC(=O)NC1CCC(C(C)C)CC1.O=C(O)O. The first-order valence-electron chi connectivity index (χ1n) is 9.49. The summed E-state index contributed by atoms with van der Waals surface area (Å²) in [5.41, 5.74) is 3.29. The standard InChI is InChI=1S/C20H31NO2.CH2O3/c1-13(2)16-6-8-17(9-7-16)21-20(22)12-18-15(4)10-14(3)11-19(18)23-5;2-1(3)4/h10-11,13,16-17H,6-9,12H2,1-5H3,(H,21,22);(H2,2,3,4). The van der Waals surface area contributed by atoms with Gasteiger partial charge >= 0.3 is 6.16 Å². The van der Waals surface area contributed by atoms with Gasteiger partial charge < -0.3 is 20.3 Å². The van der Waals surface area contributed by atoms with Gasteiger partial charge in [0.25, 0.3) is 0 Å². The number of hydrogen-bond acceptors (Lipinski definition) is 3. The number of carbonyl (C=O) groups is 2. The Hall–Kier alpha value is -2.24. The minimum Gasteiger partial charge on any atom is -0.496 e. The minimum absolute atomic E-state index is 0.114. The summed E-state index contributed by atoms with van der Waals surface area (Å²) in [5, 5.41) is 17.2. The van der Waals surface area contributed by atoms with Gasteiger partial charge in [-0.1, -0.05) is 19.9 Å². The molecular formula is C21H33NO5. The van der Waals surface area contributed by atoms with Gasteiger partial charge in [0.15, 0.2) is 0 Å². The van der Waals surface area contributed by atoms with Crippen molar-refractivity contribution in [2.45, 2.75) is 65.8 Å². The van der Waals surface area contributed by atoms with Crippen molar-refractivity contribution in [2.75, 3.05) is 7.11 Å². The molecule has 2 rings (SSSR count). The maximum absolute atomic E-state index is 12.4. The summed E-state index contributed by atoms with van der Waals surface area (Å²) in [5.74, 6) is 2.51. The van der Waals surface area contributed by atoms with E-state index in [1.165, 1.54) is 12.8 Å². The van der Waals surface area contributed by atoms with Gasteiger partial charge in [0.1, 0.15) is 5.75 Å². The van der Waals surface area contributed by atoms with E-state index < -0.39 is 6.16 Å². The highest BCUT2D eigenvalue weighted by Gasteiger charge is 2.24. The van der Waals surface area contributed by atoms with Gasteiger partial charge in [0.05, 0.1) is 13.5 Å². The molecule has 1 aliphatic rings. The topological polar surface area (TPSA) is 95.9 Å². The highest BCUT2D eigenvalue weighted by molar-refractivity contribution is 5.80. The maximum Gasteiger partial charge on any atom is 0.503 e. The van der Waals surface area contributed by atoms with E-state index in [4.69, 9.17) is 19.7 Å². The second kappa shape index (κ2) is 10.8. The third kappa shape index (κ3) is 7.89. The quantitative estimate of drug-likeness (QED) is 0.704. The molecule has 0 aromatic heterocycles. The van der Waals surface area contributed by atoms with Crippen molar-refractivity contribution in [3.05, 3.63) is 28.8 Å². The van der Waals surface area contributed by atoms with Crippen molar-refractivity contribution in [1.82, 2.24) is 5.32 Å². The summed E-state index contributed by atoms with van der Waals surface area (Å²) in [6, 6.07) is 4.46. The van der Waals surface area contributed by atoms with E-state index >= 15 is 0 Å². The molecule has 1 amide bonds. The Morgan fingerprint density at radius 3 is 2.19 bits per heavy atom. The zero-order chi connectivity index (χ0) is 20.6. The number of hydrogen-bond donors (Lipinski definition) is 3. The number of amides is 1. The normalized spacial score (nSPS) is 19.0. The Balaban J connectivity index is 0.000000828. The molecule has 0 heterocycles. The lowest BCUT2D eigenvalue weighted by molar-refractivity contribution is -0.121. The van der Waals surface area contributed by atoms with Crippen molar-refractivity contribution in [3.63, 3.8) is 0 Å². The van der Waals surface area contributed by atoms with Crippen LogP contribution in [0.2, 0.25) is 0 Å². The van der Waals surface area contributed by atoms with Gasteiger partial charge in [-0.3, -0.25) is 4.79 Å². The van der Waals surface area contributed by atoms with Crippen LogP contribution in [0, 0.1) is 25.7 Å². The number of carbonyl (C=O) groups excluding carboxylic acids is 1. The van der Waals surface area contributed by atoms with Crippen LogP contribution in [0.5, 0.6) is 5.75 Å². The second-order valence-electron chi connectivity index (χ2n) is 7.65. The third-order valence-electron chi connectivity index (χ3n) is 5.21.